The number of aliphatic hydroxyl groups excluding tert-OH is 2. The highest BCUT2D eigenvalue weighted by molar-refractivity contribution is 7.47. The fourth-order valence-electron chi connectivity index (χ4n) is 14.0. The standard InChI is InChI=1S/C101H182O16P2/c1-4-7-10-13-16-19-22-25-27-29-31-33-35-37-39-41-43-45-47-49-51-53-55-57-59-61-63-65-67-70-72-75-78-81-84-87-99(104)111-90-96(102)91-113-118(107,108)114-92-97(103)93-115-119(109,110)116-95-98(117-101(106)89-86-83-80-77-74-69-24-21-18-15-12-9-6-3)94-112-100(105)88-85-82-79-76-73-71-68-66-64-62-60-58-56-54-52-50-48-46-44-42-40-38-36-34-32-30-28-26-23-20-17-14-11-8-5-2/h16-17,19-21,24-28,31-34,37-40,96-98,102-103H,4-15,18,22-23,29-30,35-36,41-95H2,1-3H3,(H,107,108)(H,109,110)/b19-16-,20-17-,24-21-,27-25-,28-26-,33-31-,34-32-,39-37-,40-38-. The molecule has 0 saturated carbocycles. The van der Waals surface area contributed by atoms with Gasteiger partial charge in [0, 0.05) is 19.3 Å². The van der Waals surface area contributed by atoms with Crippen molar-refractivity contribution < 1.29 is 75.8 Å². The van der Waals surface area contributed by atoms with Gasteiger partial charge in [-0.05, 0) is 135 Å². The van der Waals surface area contributed by atoms with Crippen molar-refractivity contribution in [1.29, 1.82) is 0 Å². The monoisotopic (exact) mass is 1710 g/mol. The molecule has 692 valence electrons. The van der Waals surface area contributed by atoms with Crippen LogP contribution in [0.4, 0.5) is 0 Å². The summed E-state index contributed by atoms with van der Waals surface area (Å²) in [6.45, 7) is 2.68. The quantitative estimate of drug-likeness (QED) is 0.0146. The summed E-state index contributed by atoms with van der Waals surface area (Å²) >= 11 is 0. The van der Waals surface area contributed by atoms with Crippen molar-refractivity contribution in [2.24, 2.45) is 0 Å². The van der Waals surface area contributed by atoms with Crippen molar-refractivity contribution in [2.45, 2.75) is 476 Å². The normalized spacial score (nSPS) is 14.2. The largest absolute Gasteiger partial charge is 0.472 e. The Morgan fingerprint density at radius 2 is 0.420 bits per heavy atom. The number of hydrogen-bond acceptors (Lipinski definition) is 14. The maximum Gasteiger partial charge on any atom is 0.472 e. The Kier molecular flexibility index (Phi) is 90.4. The van der Waals surface area contributed by atoms with Gasteiger partial charge in [0.1, 0.15) is 25.4 Å². The summed E-state index contributed by atoms with van der Waals surface area (Å²) in [6.07, 6.45) is 115. The third kappa shape index (κ3) is 94.7. The lowest BCUT2D eigenvalue weighted by molar-refractivity contribution is -0.161. The summed E-state index contributed by atoms with van der Waals surface area (Å²) in [5.41, 5.74) is 0. The molecule has 0 saturated heterocycles. The van der Waals surface area contributed by atoms with E-state index in [1.54, 1.807) is 0 Å². The van der Waals surface area contributed by atoms with Crippen molar-refractivity contribution in [3.05, 3.63) is 109 Å². The van der Waals surface area contributed by atoms with Crippen LogP contribution in [0, 0.1) is 0 Å². The molecule has 0 radical (unpaired) electrons. The number of carbonyl (C=O) groups excluding carboxylic acids is 3. The molecule has 0 bridgehead atoms. The number of aliphatic hydroxyl groups is 2. The lowest BCUT2D eigenvalue weighted by atomic mass is 10.0. The van der Waals surface area contributed by atoms with Gasteiger partial charge in [-0.1, -0.05) is 413 Å². The third-order valence-electron chi connectivity index (χ3n) is 21.4. The van der Waals surface area contributed by atoms with Crippen LogP contribution in [0.25, 0.3) is 0 Å². The minimum absolute atomic E-state index is 0.0977. The Hall–Kier alpha value is -3.79. The highest BCUT2D eigenvalue weighted by Gasteiger charge is 2.30. The molecular weight excluding hydrogens is 1530 g/mol. The molecule has 0 heterocycles. The van der Waals surface area contributed by atoms with Gasteiger partial charge in [-0.3, -0.25) is 32.5 Å². The summed E-state index contributed by atoms with van der Waals surface area (Å²) in [4.78, 5) is 58.9. The molecule has 16 nitrogen and oxygen atoms in total. The maximum atomic E-state index is 13.0. The highest BCUT2D eigenvalue weighted by atomic mass is 31.2. The summed E-state index contributed by atoms with van der Waals surface area (Å²) in [5.74, 6) is -1.56. The molecule has 0 rings (SSSR count). The van der Waals surface area contributed by atoms with E-state index in [1.807, 2.05) is 0 Å². The van der Waals surface area contributed by atoms with Crippen LogP contribution in [0.5, 0.6) is 0 Å². The summed E-state index contributed by atoms with van der Waals surface area (Å²) in [6, 6.07) is 0. The molecule has 0 aromatic carbocycles. The number of allylic oxidation sites excluding steroid dienone is 18. The first-order chi connectivity index (χ1) is 58.2. The molecule has 119 heavy (non-hydrogen) atoms. The summed E-state index contributed by atoms with van der Waals surface area (Å²) in [5, 5.41) is 20.7. The Morgan fingerprint density at radius 3 is 0.689 bits per heavy atom. The Bertz CT molecular complexity index is 2590. The van der Waals surface area contributed by atoms with Crippen LogP contribution in [0.3, 0.4) is 0 Å². The SMILES string of the molecule is CCCCC/C=C\C/C=C\C/C=C\C/C=C\CCCCCCCCCCCCCCCCCCCCCC(=O)OCC(O)COP(=O)(O)OCC(O)COP(=O)(O)OCC(COC(=O)CCCCCCCCCCCCCCCCCCCCC/C=C\C/C=C\C/C=C\C/C=C\CCCCC)OC(=O)CCCCCCC/C=C\CCCCCC. The van der Waals surface area contributed by atoms with E-state index in [4.69, 9.17) is 32.3 Å². The Labute approximate surface area is 730 Å². The van der Waals surface area contributed by atoms with Crippen LogP contribution >= 0.6 is 15.6 Å². The molecular formula is C101H182O16P2. The van der Waals surface area contributed by atoms with E-state index in [2.05, 4.69) is 130 Å². The van der Waals surface area contributed by atoms with Crippen LogP contribution in [0.1, 0.15) is 457 Å². The highest BCUT2D eigenvalue weighted by Crippen LogP contribution is 2.45. The van der Waals surface area contributed by atoms with E-state index >= 15 is 0 Å². The predicted octanol–water partition coefficient (Wildman–Crippen LogP) is 30.6. The van der Waals surface area contributed by atoms with E-state index in [9.17, 15) is 43.5 Å². The number of phosphoric ester groups is 2. The van der Waals surface area contributed by atoms with Crippen molar-refractivity contribution >= 4 is 33.6 Å². The molecule has 18 heteroatoms. The third-order valence-corrected chi connectivity index (χ3v) is 23.3. The number of unbranched alkanes of at least 4 members (excludes halogenated alkanes) is 53. The zero-order valence-corrected chi connectivity index (χ0v) is 78.3. The van der Waals surface area contributed by atoms with Crippen LogP contribution in [-0.2, 0) is 55.8 Å². The molecule has 0 aliphatic carbocycles. The zero-order chi connectivity index (χ0) is 86.5. The fourth-order valence-corrected chi connectivity index (χ4v) is 15.5. The molecule has 0 fully saturated rings. The lowest BCUT2D eigenvalue weighted by Gasteiger charge is -2.21. The molecule has 5 unspecified atom stereocenters. The minimum atomic E-state index is -4.93. The average molecular weight is 1710 g/mol. The molecule has 4 N–H and O–H groups in total. The van der Waals surface area contributed by atoms with Gasteiger partial charge in [0.25, 0.3) is 0 Å². The minimum Gasteiger partial charge on any atom is -0.463 e. The molecule has 5 atom stereocenters. The predicted molar refractivity (Wildman–Crippen MR) is 501 cm³/mol. The van der Waals surface area contributed by atoms with Crippen LogP contribution in [-0.4, -0.2) is 95.9 Å². The smallest absolute Gasteiger partial charge is 0.463 e. The van der Waals surface area contributed by atoms with Crippen molar-refractivity contribution in [2.75, 3.05) is 39.6 Å². The number of phosphoric acid groups is 2. The van der Waals surface area contributed by atoms with Gasteiger partial charge in [0.2, 0.25) is 0 Å². The number of esters is 3. The van der Waals surface area contributed by atoms with Gasteiger partial charge < -0.3 is 34.2 Å². The summed E-state index contributed by atoms with van der Waals surface area (Å²) < 4.78 is 61.4. The first-order valence-corrected chi connectivity index (χ1v) is 52.2. The number of hydrogen-bond donors (Lipinski definition) is 4. The molecule has 0 aromatic heterocycles. The van der Waals surface area contributed by atoms with Gasteiger partial charge in [0.15, 0.2) is 6.10 Å². The Morgan fingerprint density at radius 1 is 0.235 bits per heavy atom. The van der Waals surface area contributed by atoms with E-state index in [0.717, 1.165) is 116 Å². The van der Waals surface area contributed by atoms with Crippen molar-refractivity contribution in [3.8, 4) is 0 Å². The molecule has 0 amide bonds. The number of rotatable bonds is 94. The molecule has 0 aliphatic rings. The van der Waals surface area contributed by atoms with E-state index in [-0.39, 0.29) is 19.3 Å². The van der Waals surface area contributed by atoms with Crippen molar-refractivity contribution in [3.63, 3.8) is 0 Å². The molecule has 0 aromatic rings. The van der Waals surface area contributed by atoms with E-state index in [0.29, 0.717) is 19.3 Å². The van der Waals surface area contributed by atoms with Crippen LogP contribution < -0.4 is 0 Å². The van der Waals surface area contributed by atoms with Gasteiger partial charge >= 0.3 is 33.6 Å². The van der Waals surface area contributed by atoms with Crippen LogP contribution in [0.2, 0.25) is 0 Å². The van der Waals surface area contributed by atoms with Gasteiger partial charge in [-0.2, -0.15) is 0 Å². The van der Waals surface area contributed by atoms with Gasteiger partial charge in [-0.15, -0.1) is 0 Å². The fraction of sp³-hybridized carbons (Fsp3) is 0.792. The summed E-state index contributed by atoms with van der Waals surface area (Å²) in [7, 11) is -9.79. The van der Waals surface area contributed by atoms with Gasteiger partial charge in [-0.25, -0.2) is 9.13 Å². The van der Waals surface area contributed by atoms with E-state index in [1.165, 1.54) is 283 Å². The average Bonchev–Trinajstić information content (AvgIpc) is 0.893. The van der Waals surface area contributed by atoms with Crippen LogP contribution in [0.15, 0.2) is 109 Å². The lowest BCUT2D eigenvalue weighted by Crippen LogP contribution is -2.30. The first kappa shape index (κ1) is 115. The zero-order valence-electron chi connectivity index (χ0n) is 76.5. The molecule has 0 aliphatic heterocycles. The van der Waals surface area contributed by atoms with E-state index < -0.39 is 91.5 Å². The number of ether oxygens (including phenoxy) is 3. The second kappa shape index (κ2) is 93.4. The molecule has 0 spiro atoms. The van der Waals surface area contributed by atoms with Crippen molar-refractivity contribution in [1.82, 2.24) is 0 Å². The topological polar surface area (TPSA) is 231 Å². The van der Waals surface area contributed by atoms with Gasteiger partial charge in [0.05, 0.1) is 26.4 Å². The number of carbonyl (C=O) groups is 3. The second-order valence-corrected chi connectivity index (χ2v) is 36.1. The Balaban J connectivity index is 4.33. The maximum absolute atomic E-state index is 13.0. The second-order valence-electron chi connectivity index (χ2n) is 33.2. The first-order valence-electron chi connectivity index (χ1n) is 49.2.